The fourth-order valence-electron chi connectivity index (χ4n) is 3.43. The molecule has 1 aliphatic heterocycles. The van der Waals surface area contributed by atoms with Crippen LogP contribution >= 0.6 is 0 Å². The van der Waals surface area contributed by atoms with E-state index in [1.165, 1.54) is 5.41 Å². The molecule has 1 aliphatic carbocycles. The molecule has 1 aromatic carbocycles. The molecule has 138 valence electrons. The van der Waals surface area contributed by atoms with Crippen LogP contribution in [0.15, 0.2) is 40.1 Å². The van der Waals surface area contributed by atoms with Gasteiger partial charge in [-0.2, -0.15) is 0 Å². The van der Waals surface area contributed by atoms with E-state index in [2.05, 4.69) is 13.8 Å². The maximum Gasteiger partial charge on any atom is 0.199 e. The van der Waals surface area contributed by atoms with Crippen molar-refractivity contribution >= 4 is 9.84 Å². The highest BCUT2D eigenvalue weighted by atomic mass is 32.2. The van der Waals surface area contributed by atoms with Gasteiger partial charge in [-0.3, -0.25) is 0 Å². The minimum atomic E-state index is -3.39. The summed E-state index contributed by atoms with van der Waals surface area (Å²) in [5.74, 6) is 0.331. The van der Waals surface area contributed by atoms with E-state index in [1.807, 2.05) is 19.1 Å². The summed E-state index contributed by atoms with van der Waals surface area (Å²) in [6.45, 7) is 7.55. The van der Waals surface area contributed by atoms with Crippen LogP contribution in [-0.4, -0.2) is 27.9 Å². The molecule has 1 saturated heterocycles. The van der Waals surface area contributed by atoms with Gasteiger partial charge in [-0.25, -0.2) is 8.42 Å². The van der Waals surface area contributed by atoms with E-state index in [9.17, 15) is 8.42 Å². The highest BCUT2D eigenvalue weighted by Gasteiger charge is 2.44. The number of sulfone groups is 1. The van der Waals surface area contributed by atoms with Crippen LogP contribution in [0.2, 0.25) is 0 Å². The van der Waals surface area contributed by atoms with Crippen LogP contribution in [-0.2, 0) is 19.3 Å². The molecule has 3 rings (SSSR count). The van der Waals surface area contributed by atoms with Gasteiger partial charge < -0.3 is 9.47 Å². The minimum Gasteiger partial charge on any atom is -0.353 e. The SMILES string of the molecule is Cc1ccc(S(=O)(=O)C=C2CC(COC3CCCCO3)C2(C)C)cc1. The molecule has 4 nitrogen and oxygen atoms in total. The Hall–Kier alpha value is -1.17. The lowest BCUT2D eigenvalue weighted by atomic mass is 9.59. The molecular weight excluding hydrogens is 336 g/mol. The first-order chi connectivity index (χ1) is 11.8. The van der Waals surface area contributed by atoms with Crippen LogP contribution in [0.25, 0.3) is 0 Å². The Labute approximate surface area is 151 Å². The van der Waals surface area contributed by atoms with E-state index in [-0.39, 0.29) is 11.7 Å². The number of benzene rings is 1. The monoisotopic (exact) mass is 364 g/mol. The number of hydrogen-bond acceptors (Lipinski definition) is 4. The summed E-state index contributed by atoms with van der Waals surface area (Å²) >= 11 is 0. The maximum absolute atomic E-state index is 12.6. The van der Waals surface area contributed by atoms with Gasteiger partial charge in [0.05, 0.1) is 11.5 Å². The van der Waals surface area contributed by atoms with Crippen molar-refractivity contribution in [1.82, 2.24) is 0 Å². The quantitative estimate of drug-likeness (QED) is 0.784. The summed E-state index contributed by atoms with van der Waals surface area (Å²) in [7, 11) is -3.39. The molecule has 2 aliphatic rings. The van der Waals surface area contributed by atoms with Gasteiger partial charge in [0.15, 0.2) is 16.1 Å². The summed E-state index contributed by atoms with van der Waals surface area (Å²) in [4.78, 5) is 0.358. The highest BCUT2D eigenvalue weighted by molar-refractivity contribution is 7.94. The third-order valence-electron chi connectivity index (χ3n) is 5.58. The molecule has 0 aromatic heterocycles. The predicted octanol–water partition coefficient (Wildman–Crippen LogP) is 4.24. The van der Waals surface area contributed by atoms with Crippen LogP contribution in [0.3, 0.4) is 0 Å². The topological polar surface area (TPSA) is 52.6 Å². The van der Waals surface area contributed by atoms with Crippen molar-refractivity contribution in [2.75, 3.05) is 13.2 Å². The van der Waals surface area contributed by atoms with Gasteiger partial charge in [0.25, 0.3) is 0 Å². The molecular formula is C20H28O4S. The number of hydrogen-bond donors (Lipinski definition) is 0. The maximum atomic E-state index is 12.6. The van der Waals surface area contributed by atoms with E-state index < -0.39 is 9.84 Å². The summed E-state index contributed by atoms with van der Waals surface area (Å²) in [6, 6.07) is 7.01. The number of ether oxygens (including phenoxy) is 2. The Morgan fingerprint density at radius 3 is 2.56 bits per heavy atom. The zero-order valence-electron chi connectivity index (χ0n) is 15.3. The fourth-order valence-corrected chi connectivity index (χ4v) is 4.86. The Kier molecular flexibility index (Phi) is 5.37. The first-order valence-corrected chi connectivity index (χ1v) is 10.6. The Bertz CT molecular complexity index is 725. The molecule has 1 heterocycles. The molecule has 0 bridgehead atoms. The minimum absolute atomic E-state index is 0.0890. The lowest BCUT2D eigenvalue weighted by molar-refractivity contribution is -0.177. The number of allylic oxidation sites excluding steroid dienone is 1. The number of rotatable bonds is 5. The number of aryl methyl sites for hydroxylation is 1. The average Bonchev–Trinajstić information content (AvgIpc) is 2.58. The molecule has 0 N–H and O–H groups in total. The van der Waals surface area contributed by atoms with Crippen molar-refractivity contribution in [3.63, 3.8) is 0 Å². The zero-order chi connectivity index (χ0) is 18.1. The molecule has 2 fully saturated rings. The Morgan fingerprint density at radius 1 is 1.24 bits per heavy atom. The normalized spacial score (nSPS) is 27.9. The molecule has 25 heavy (non-hydrogen) atoms. The highest BCUT2D eigenvalue weighted by Crippen LogP contribution is 2.51. The first kappa shape index (κ1) is 18.6. The fraction of sp³-hybridized carbons (Fsp3) is 0.600. The van der Waals surface area contributed by atoms with Crippen molar-refractivity contribution in [3.05, 3.63) is 40.8 Å². The van der Waals surface area contributed by atoms with E-state index in [1.54, 1.807) is 12.1 Å². The van der Waals surface area contributed by atoms with Gasteiger partial charge in [-0.1, -0.05) is 37.1 Å². The lowest BCUT2D eigenvalue weighted by Crippen LogP contribution is -2.42. The van der Waals surface area contributed by atoms with E-state index in [0.29, 0.717) is 17.4 Å². The molecule has 2 unspecified atom stereocenters. The smallest absolute Gasteiger partial charge is 0.199 e. The third kappa shape index (κ3) is 4.15. The average molecular weight is 365 g/mol. The van der Waals surface area contributed by atoms with Crippen LogP contribution < -0.4 is 0 Å². The van der Waals surface area contributed by atoms with Crippen molar-refractivity contribution in [2.45, 2.75) is 57.6 Å². The van der Waals surface area contributed by atoms with Crippen molar-refractivity contribution in [2.24, 2.45) is 11.3 Å². The van der Waals surface area contributed by atoms with Gasteiger partial charge in [0.1, 0.15) is 0 Å². The van der Waals surface area contributed by atoms with Crippen LogP contribution in [0.1, 0.15) is 45.1 Å². The third-order valence-corrected chi connectivity index (χ3v) is 7.11. The van der Waals surface area contributed by atoms with Gasteiger partial charge in [0.2, 0.25) is 0 Å². The Balaban J connectivity index is 1.63. The van der Waals surface area contributed by atoms with Gasteiger partial charge in [-0.05, 0) is 56.1 Å². The summed E-state index contributed by atoms with van der Waals surface area (Å²) < 4.78 is 36.7. The zero-order valence-corrected chi connectivity index (χ0v) is 16.1. The van der Waals surface area contributed by atoms with E-state index >= 15 is 0 Å². The molecule has 1 aromatic rings. The Morgan fingerprint density at radius 2 is 1.96 bits per heavy atom. The molecule has 5 heteroatoms. The van der Waals surface area contributed by atoms with Crippen molar-refractivity contribution < 1.29 is 17.9 Å². The second-order valence-electron chi connectivity index (χ2n) is 7.75. The standard InChI is InChI=1S/C20H28O4S/c1-15-7-9-18(10-8-15)25(21,22)14-17-12-16(20(17,2)3)13-24-19-6-4-5-11-23-19/h7-10,14,16,19H,4-6,11-13H2,1-3H3. The summed E-state index contributed by atoms with van der Waals surface area (Å²) in [6.07, 6.45) is 3.90. The lowest BCUT2D eigenvalue weighted by Gasteiger charge is -2.47. The van der Waals surface area contributed by atoms with E-state index in [0.717, 1.165) is 43.4 Å². The second-order valence-corrected chi connectivity index (χ2v) is 9.55. The molecule has 2 atom stereocenters. The first-order valence-electron chi connectivity index (χ1n) is 9.05. The summed E-state index contributed by atoms with van der Waals surface area (Å²) in [5.41, 5.74) is 1.87. The largest absolute Gasteiger partial charge is 0.353 e. The molecule has 0 spiro atoms. The van der Waals surface area contributed by atoms with Crippen LogP contribution in [0.4, 0.5) is 0 Å². The van der Waals surface area contributed by atoms with Crippen LogP contribution in [0.5, 0.6) is 0 Å². The van der Waals surface area contributed by atoms with Crippen molar-refractivity contribution in [3.8, 4) is 0 Å². The van der Waals surface area contributed by atoms with E-state index in [4.69, 9.17) is 9.47 Å². The second kappa shape index (κ2) is 7.22. The van der Waals surface area contributed by atoms with Gasteiger partial charge >= 0.3 is 0 Å². The molecule has 1 saturated carbocycles. The predicted molar refractivity (Wildman–Crippen MR) is 97.9 cm³/mol. The summed E-state index contributed by atoms with van der Waals surface area (Å²) in [5, 5.41) is 1.46. The van der Waals surface area contributed by atoms with Crippen LogP contribution in [0, 0.1) is 18.3 Å². The molecule has 0 amide bonds. The molecule has 0 radical (unpaired) electrons. The van der Waals surface area contributed by atoms with Gasteiger partial charge in [-0.15, -0.1) is 0 Å². The van der Waals surface area contributed by atoms with Gasteiger partial charge in [0, 0.05) is 12.0 Å². The van der Waals surface area contributed by atoms with Crippen molar-refractivity contribution in [1.29, 1.82) is 0 Å².